The zero-order valence-corrected chi connectivity index (χ0v) is 14.8. The maximum atomic E-state index is 13.2. The van der Waals surface area contributed by atoms with Gasteiger partial charge in [-0.25, -0.2) is 4.39 Å². The van der Waals surface area contributed by atoms with Crippen LogP contribution in [0.15, 0.2) is 42.5 Å². The number of hydrogen-bond donors (Lipinski definition) is 0. The van der Waals surface area contributed by atoms with E-state index in [0.717, 1.165) is 37.8 Å². The molecule has 1 fully saturated rings. The summed E-state index contributed by atoms with van der Waals surface area (Å²) in [6.07, 6.45) is -4.31. The van der Waals surface area contributed by atoms with Crippen LogP contribution in [0.5, 0.6) is 0 Å². The Morgan fingerprint density at radius 2 is 1.42 bits per heavy atom. The van der Waals surface area contributed by atoms with Crippen molar-refractivity contribution in [2.45, 2.75) is 19.3 Å². The third-order valence-electron chi connectivity index (χ3n) is 4.52. The van der Waals surface area contributed by atoms with E-state index >= 15 is 0 Å². The molecular formula is C19H19ClF4N2. The van der Waals surface area contributed by atoms with E-state index in [1.165, 1.54) is 18.2 Å². The number of alkyl halides is 3. The van der Waals surface area contributed by atoms with E-state index in [0.29, 0.717) is 18.7 Å². The molecule has 0 atom stereocenters. The number of rotatable bonds is 4. The smallest absolute Gasteiger partial charge is 0.297 e. The summed E-state index contributed by atoms with van der Waals surface area (Å²) in [6, 6.07) is 10.2. The Bertz CT molecular complexity index is 755. The minimum Gasteiger partial charge on any atom is -0.297 e. The van der Waals surface area contributed by atoms with Crippen molar-refractivity contribution in [3.8, 4) is 0 Å². The van der Waals surface area contributed by atoms with Crippen LogP contribution < -0.4 is 0 Å². The zero-order valence-electron chi connectivity index (χ0n) is 14.1. The van der Waals surface area contributed by atoms with E-state index in [2.05, 4.69) is 9.80 Å². The van der Waals surface area contributed by atoms with Gasteiger partial charge < -0.3 is 0 Å². The largest absolute Gasteiger partial charge is 0.416 e. The first-order chi connectivity index (χ1) is 12.3. The normalized spacial score (nSPS) is 16.8. The molecule has 0 aromatic heterocycles. The molecule has 1 saturated heterocycles. The highest BCUT2D eigenvalue weighted by molar-refractivity contribution is 6.30. The van der Waals surface area contributed by atoms with Crippen molar-refractivity contribution in [1.82, 2.24) is 9.80 Å². The summed E-state index contributed by atoms with van der Waals surface area (Å²) in [5.41, 5.74) is 1.00. The van der Waals surface area contributed by atoms with Gasteiger partial charge in [-0.2, -0.15) is 13.2 Å². The molecule has 0 bridgehead atoms. The summed E-state index contributed by atoms with van der Waals surface area (Å²) >= 11 is 5.81. The van der Waals surface area contributed by atoms with Gasteiger partial charge in [0.1, 0.15) is 5.82 Å². The number of halogens is 5. The van der Waals surface area contributed by atoms with Crippen LogP contribution in [0.4, 0.5) is 17.6 Å². The van der Waals surface area contributed by atoms with Crippen LogP contribution in [-0.4, -0.2) is 36.0 Å². The molecule has 0 unspecified atom stereocenters. The Morgan fingerprint density at radius 3 is 1.96 bits per heavy atom. The highest BCUT2D eigenvalue weighted by Crippen LogP contribution is 2.29. The minimum absolute atomic E-state index is 0.116. The second-order valence-corrected chi connectivity index (χ2v) is 6.91. The third kappa shape index (κ3) is 4.96. The fourth-order valence-corrected chi connectivity index (χ4v) is 3.31. The van der Waals surface area contributed by atoms with Crippen LogP contribution >= 0.6 is 11.6 Å². The predicted octanol–water partition coefficient (Wildman–Crippen LogP) is 4.82. The van der Waals surface area contributed by atoms with Crippen LogP contribution in [0, 0.1) is 5.82 Å². The summed E-state index contributed by atoms with van der Waals surface area (Å²) < 4.78 is 51.6. The Morgan fingerprint density at radius 1 is 0.846 bits per heavy atom. The van der Waals surface area contributed by atoms with Gasteiger partial charge in [0.2, 0.25) is 0 Å². The molecule has 7 heteroatoms. The fourth-order valence-electron chi connectivity index (χ4n) is 3.11. The standard InChI is InChI=1S/C19H19ClF4N2/c20-17-11-15(4-5-18(17)21)13-26-8-6-25(7-9-26)12-14-2-1-3-16(10-14)19(22,23)24/h1-5,10-11H,6-9,12-13H2. The molecule has 2 aromatic carbocycles. The van der Waals surface area contributed by atoms with Gasteiger partial charge in [0.25, 0.3) is 0 Å². The summed E-state index contributed by atoms with van der Waals surface area (Å²) in [4.78, 5) is 4.37. The summed E-state index contributed by atoms with van der Waals surface area (Å²) in [6.45, 7) is 4.32. The highest BCUT2D eigenvalue weighted by atomic mass is 35.5. The molecule has 0 aliphatic carbocycles. The second kappa shape index (κ2) is 7.94. The zero-order chi connectivity index (χ0) is 18.7. The van der Waals surface area contributed by atoms with Gasteiger partial charge in [-0.1, -0.05) is 35.9 Å². The first kappa shape index (κ1) is 19.1. The maximum absolute atomic E-state index is 13.2. The molecule has 140 valence electrons. The first-order valence-electron chi connectivity index (χ1n) is 8.36. The molecule has 0 N–H and O–H groups in total. The monoisotopic (exact) mass is 386 g/mol. The lowest BCUT2D eigenvalue weighted by Crippen LogP contribution is -2.45. The molecule has 1 aliphatic rings. The van der Waals surface area contributed by atoms with E-state index in [9.17, 15) is 17.6 Å². The van der Waals surface area contributed by atoms with Gasteiger partial charge in [0.15, 0.2) is 0 Å². The van der Waals surface area contributed by atoms with Gasteiger partial charge in [0, 0.05) is 39.3 Å². The number of nitrogens with zero attached hydrogens (tertiary/aromatic N) is 2. The number of benzene rings is 2. The molecule has 0 saturated carbocycles. The average Bonchev–Trinajstić information content (AvgIpc) is 2.59. The lowest BCUT2D eigenvalue weighted by Gasteiger charge is -2.34. The van der Waals surface area contributed by atoms with E-state index in [1.54, 1.807) is 18.2 Å². The topological polar surface area (TPSA) is 6.48 Å². The first-order valence-corrected chi connectivity index (χ1v) is 8.74. The third-order valence-corrected chi connectivity index (χ3v) is 4.81. The molecule has 2 nitrogen and oxygen atoms in total. The van der Waals surface area contributed by atoms with Crippen LogP contribution in [-0.2, 0) is 19.3 Å². The van der Waals surface area contributed by atoms with Crippen LogP contribution in [0.25, 0.3) is 0 Å². The Labute approximate surface area is 155 Å². The molecule has 0 amide bonds. The SMILES string of the molecule is Fc1ccc(CN2CCN(Cc3cccc(C(F)(F)F)c3)CC2)cc1Cl. The quantitative estimate of drug-likeness (QED) is 0.695. The molecule has 1 heterocycles. The second-order valence-electron chi connectivity index (χ2n) is 6.50. The molecule has 26 heavy (non-hydrogen) atoms. The van der Waals surface area contributed by atoms with Gasteiger partial charge in [-0.05, 0) is 29.3 Å². The fraction of sp³-hybridized carbons (Fsp3) is 0.368. The van der Waals surface area contributed by atoms with Gasteiger partial charge >= 0.3 is 6.18 Å². The van der Waals surface area contributed by atoms with E-state index < -0.39 is 17.6 Å². The molecule has 2 aromatic rings. The van der Waals surface area contributed by atoms with Gasteiger partial charge in [0.05, 0.1) is 10.6 Å². The van der Waals surface area contributed by atoms with Crippen LogP contribution in [0.1, 0.15) is 16.7 Å². The maximum Gasteiger partial charge on any atom is 0.416 e. The predicted molar refractivity (Wildman–Crippen MR) is 93.4 cm³/mol. The van der Waals surface area contributed by atoms with Gasteiger partial charge in [-0.15, -0.1) is 0 Å². The molecular weight excluding hydrogens is 368 g/mol. The Hall–Kier alpha value is -1.63. The van der Waals surface area contributed by atoms with Crippen molar-refractivity contribution >= 4 is 11.6 Å². The van der Waals surface area contributed by atoms with Crippen molar-refractivity contribution in [1.29, 1.82) is 0 Å². The molecule has 0 radical (unpaired) electrons. The summed E-state index contributed by atoms with van der Waals surface area (Å²) in [5.74, 6) is -0.429. The lowest BCUT2D eigenvalue weighted by atomic mass is 10.1. The van der Waals surface area contributed by atoms with Crippen molar-refractivity contribution in [3.63, 3.8) is 0 Å². The average molecular weight is 387 g/mol. The molecule has 3 rings (SSSR count). The van der Waals surface area contributed by atoms with E-state index in [-0.39, 0.29) is 5.02 Å². The van der Waals surface area contributed by atoms with E-state index in [1.807, 2.05) is 0 Å². The lowest BCUT2D eigenvalue weighted by molar-refractivity contribution is -0.137. The van der Waals surface area contributed by atoms with Crippen molar-refractivity contribution < 1.29 is 17.6 Å². The van der Waals surface area contributed by atoms with Crippen molar-refractivity contribution in [2.75, 3.05) is 26.2 Å². The van der Waals surface area contributed by atoms with Crippen LogP contribution in [0.3, 0.4) is 0 Å². The Balaban J connectivity index is 1.53. The Kier molecular flexibility index (Phi) is 5.85. The number of piperazine rings is 1. The molecule has 1 aliphatic heterocycles. The summed E-state index contributed by atoms with van der Waals surface area (Å²) in [7, 11) is 0. The minimum atomic E-state index is -4.31. The molecule has 0 spiro atoms. The van der Waals surface area contributed by atoms with E-state index in [4.69, 9.17) is 11.6 Å². The van der Waals surface area contributed by atoms with Crippen LogP contribution in [0.2, 0.25) is 5.02 Å². The highest BCUT2D eigenvalue weighted by Gasteiger charge is 2.30. The van der Waals surface area contributed by atoms with Crippen molar-refractivity contribution in [2.24, 2.45) is 0 Å². The van der Waals surface area contributed by atoms with Crippen molar-refractivity contribution in [3.05, 3.63) is 70.0 Å². The number of hydrogen-bond acceptors (Lipinski definition) is 2. The van der Waals surface area contributed by atoms with Gasteiger partial charge in [-0.3, -0.25) is 9.80 Å². The summed E-state index contributed by atoms with van der Waals surface area (Å²) in [5, 5.41) is 0.116.